The van der Waals surface area contributed by atoms with Gasteiger partial charge in [0.1, 0.15) is 0 Å². The Hall–Kier alpha value is -0.270. The van der Waals surface area contributed by atoms with E-state index in [0.29, 0.717) is 5.56 Å². The van der Waals surface area contributed by atoms with Crippen molar-refractivity contribution in [2.45, 2.75) is 6.92 Å². The second-order valence-corrected chi connectivity index (χ2v) is 2.78. The quantitative estimate of drug-likeness (QED) is 0.535. The molecule has 0 atom stereocenters. The van der Waals surface area contributed by atoms with Crippen LogP contribution in [0.4, 0.5) is 4.39 Å². The lowest BCUT2D eigenvalue weighted by Crippen LogP contribution is -1.82. The summed E-state index contributed by atoms with van der Waals surface area (Å²) in [4.78, 5) is 0. The van der Waals surface area contributed by atoms with Gasteiger partial charge in [-0.2, -0.15) is 0 Å². The van der Waals surface area contributed by atoms with Gasteiger partial charge in [-0.1, -0.05) is 29.3 Å². The highest BCUT2D eigenvalue weighted by molar-refractivity contribution is 6.35. The molecule has 0 aromatic heterocycles. The standard InChI is InChI=1S/C7H5Cl2F/c1-4-2-3-5(8)7(10)6(4)9/h2-3H,1H3. The van der Waals surface area contributed by atoms with Crippen LogP contribution in [-0.2, 0) is 0 Å². The lowest BCUT2D eigenvalue weighted by Gasteiger charge is -1.98. The second-order valence-electron chi connectivity index (χ2n) is 1.99. The zero-order valence-electron chi connectivity index (χ0n) is 5.29. The Bertz CT molecular complexity index is 231. The van der Waals surface area contributed by atoms with Gasteiger partial charge in [-0.05, 0) is 18.6 Å². The summed E-state index contributed by atoms with van der Waals surface area (Å²) in [6.45, 7) is 1.72. The topological polar surface area (TPSA) is 0 Å². The molecular formula is C7H5Cl2F. The first kappa shape index (κ1) is 7.83. The van der Waals surface area contributed by atoms with Gasteiger partial charge in [0.05, 0.1) is 10.0 Å². The van der Waals surface area contributed by atoms with E-state index in [1.807, 2.05) is 0 Å². The summed E-state index contributed by atoms with van der Waals surface area (Å²) >= 11 is 10.9. The summed E-state index contributed by atoms with van der Waals surface area (Å²) < 4.78 is 12.7. The van der Waals surface area contributed by atoms with Crippen LogP contribution >= 0.6 is 23.2 Å². The van der Waals surface area contributed by atoms with E-state index >= 15 is 0 Å². The third-order valence-corrected chi connectivity index (χ3v) is 1.98. The molecule has 1 rings (SSSR count). The molecule has 0 radical (unpaired) electrons. The fraction of sp³-hybridized carbons (Fsp3) is 0.143. The first-order valence-electron chi connectivity index (χ1n) is 2.73. The fourth-order valence-corrected chi connectivity index (χ4v) is 0.993. The Labute approximate surface area is 68.6 Å². The number of halogens is 3. The number of benzene rings is 1. The molecule has 0 aliphatic rings. The minimum Gasteiger partial charge on any atom is -0.204 e. The van der Waals surface area contributed by atoms with E-state index < -0.39 is 5.82 Å². The highest BCUT2D eigenvalue weighted by Gasteiger charge is 2.05. The highest BCUT2D eigenvalue weighted by atomic mass is 35.5. The molecule has 0 saturated heterocycles. The smallest absolute Gasteiger partial charge is 0.160 e. The molecule has 0 aliphatic carbocycles. The van der Waals surface area contributed by atoms with E-state index in [2.05, 4.69) is 0 Å². The van der Waals surface area contributed by atoms with Crippen LogP contribution in [0.3, 0.4) is 0 Å². The van der Waals surface area contributed by atoms with E-state index in [0.717, 1.165) is 0 Å². The molecule has 0 fully saturated rings. The molecule has 1 aromatic carbocycles. The van der Waals surface area contributed by atoms with Crippen LogP contribution in [0.15, 0.2) is 12.1 Å². The Morgan fingerprint density at radius 2 is 1.90 bits per heavy atom. The zero-order chi connectivity index (χ0) is 7.72. The molecule has 0 spiro atoms. The molecular weight excluding hydrogens is 174 g/mol. The van der Waals surface area contributed by atoms with Crippen LogP contribution in [0.1, 0.15) is 5.56 Å². The van der Waals surface area contributed by atoms with Gasteiger partial charge in [0.25, 0.3) is 0 Å². The monoisotopic (exact) mass is 178 g/mol. The van der Waals surface area contributed by atoms with Crippen molar-refractivity contribution in [1.29, 1.82) is 0 Å². The Morgan fingerprint density at radius 1 is 1.30 bits per heavy atom. The number of rotatable bonds is 0. The Morgan fingerprint density at radius 3 is 2.40 bits per heavy atom. The van der Waals surface area contributed by atoms with Gasteiger partial charge in [-0.3, -0.25) is 0 Å². The molecule has 0 N–H and O–H groups in total. The normalized spacial score (nSPS) is 10.0. The number of hydrogen-bond acceptors (Lipinski definition) is 0. The zero-order valence-corrected chi connectivity index (χ0v) is 6.80. The van der Waals surface area contributed by atoms with Gasteiger partial charge in [-0.25, -0.2) is 4.39 Å². The maximum absolute atomic E-state index is 12.7. The van der Waals surface area contributed by atoms with Crippen molar-refractivity contribution in [2.75, 3.05) is 0 Å². The SMILES string of the molecule is Cc1ccc(Cl)c(F)c1Cl. The van der Waals surface area contributed by atoms with Crippen LogP contribution in [0.5, 0.6) is 0 Å². The second kappa shape index (κ2) is 2.77. The maximum atomic E-state index is 12.7. The average molecular weight is 179 g/mol. The van der Waals surface area contributed by atoms with E-state index in [4.69, 9.17) is 23.2 Å². The lowest BCUT2D eigenvalue weighted by molar-refractivity contribution is 0.627. The van der Waals surface area contributed by atoms with E-state index in [1.165, 1.54) is 6.07 Å². The van der Waals surface area contributed by atoms with Gasteiger partial charge in [0, 0.05) is 0 Å². The summed E-state index contributed by atoms with van der Waals surface area (Å²) in [5.74, 6) is -0.539. The van der Waals surface area contributed by atoms with E-state index in [1.54, 1.807) is 13.0 Å². The molecule has 0 aliphatic heterocycles. The van der Waals surface area contributed by atoms with Gasteiger partial charge < -0.3 is 0 Å². The first-order chi connectivity index (χ1) is 4.63. The molecule has 1 aromatic rings. The van der Waals surface area contributed by atoms with Crippen LogP contribution < -0.4 is 0 Å². The van der Waals surface area contributed by atoms with E-state index in [9.17, 15) is 4.39 Å². The van der Waals surface area contributed by atoms with Gasteiger partial charge in [0.2, 0.25) is 0 Å². The minimum atomic E-state index is -0.539. The third kappa shape index (κ3) is 1.25. The number of hydrogen-bond donors (Lipinski definition) is 0. The predicted octanol–water partition coefficient (Wildman–Crippen LogP) is 3.44. The van der Waals surface area contributed by atoms with Crippen LogP contribution in [0.2, 0.25) is 10.0 Å². The molecule has 0 amide bonds. The molecule has 0 saturated carbocycles. The molecule has 0 heterocycles. The van der Waals surface area contributed by atoms with Gasteiger partial charge in [0.15, 0.2) is 5.82 Å². The van der Waals surface area contributed by atoms with Crippen molar-refractivity contribution in [3.63, 3.8) is 0 Å². The summed E-state index contributed by atoms with van der Waals surface area (Å²) in [5, 5.41) is 0.170. The van der Waals surface area contributed by atoms with Crippen molar-refractivity contribution in [3.8, 4) is 0 Å². The molecule has 3 heteroatoms. The average Bonchev–Trinajstić information content (AvgIpc) is 1.93. The number of aryl methyl sites for hydroxylation is 1. The molecule has 0 bridgehead atoms. The molecule has 54 valence electrons. The Balaban J connectivity index is 3.34. The van der Waals surface area contributed by atoms with Crippen molar-refractivity contribution in [1.82, 2.24) is 0 Å². The van der Waals surface area contributed by atoms with Gasteiger partial charge >= 0.3 is 0 Å². The highest BCUT2D eigenvalue weighted by Crippen LogP contribution is 2.25. The van der Waals surface area contributed by atoms with Crippen molar-refractivity contribution < 1.29 is 4.39 Å². The summed E-state index contributed by atoms with van der Waals surface area (Å²) in [6.07, 6.45) is 0. The van der Waals surface area contributed by atoms with Crippen LogP contribution in [0, 0.1) is 12.7 Å². The predicted molar refractivity (Wildman–Crippen MR) is 41.2 cm³/mol. The largest absolute Gasteiger partial charge is 0.204 e. The van der Waals surface area contributed by atoms with Gasteiger partial charge in [-0.15, -0.1) is 0 Å². The minimum absolute atomic E-state index is 0.0654. The van der Waals surface area contributed by atoms with Crippen molar-refractivity contribution in [2.24, 2.45) is 0 Å². The van der Waals surface area contributed by atoms with Crippen LogP contribution in [0.25, 0.3) is 0 Å². The van der Waals surface area contributed by atoms with Crippen LogP contribution in [-0.4, -0.2) is 0 Å². The van der Waals surface area contributed by atoms with Crippen molar-refractivity contribution >= 4 is 23.2 Å². The van der Waals surface area contributed by atoms with Crippen molar-refractivity contribution in [3.05, 3.63) is 33.6 Å². The molecule has 10 heavy (non-hydrogen) atoms. The summed E-state index contributed by atoms with van der Waals surface area (Å²) in [6, 6.07) is 3.16. The van der Waals surface area contributed by atoms with E-state index in [-0.39, 0.29) is 10.0 Å². The molecule has 0 nitrogen and oxygen atoms in total. The maximum Gasteiger partial charge on any atom is 0.160 e. The summed E-state index contributed by atoms with van der Waals surface area (Å²) in [7, 11) is 0. The third-order valence-electron chi connectivity index (χ3n) is 1.23. The molecule has 0 unspecified atom stereocenters. The fourth-order valence-electron chi connectivity index (χ4n) is 0.622. The lowest BCUT2D eigenvalue weighted by atomic mass is 10.2. The summed E-state index contributed by atoms with van der Waals surface area (Å²) in [5.41, 5.74) is 0.698. The first-order valence-corrected chi connectivity index (χ1v) is 3.48. The Kier molecular flexibility index (Phi) is 2.17.